The Bertz CT molecular complexity index is 523. The summed E-state index contributed by atoms with van der Waals surface area (Å²) >= 11 is 0. The van der Waals surface area contributed by atoms with E-state index in [1.165, 1.54) is 0 Å². The summed E-state index contributed by atoms with van der Waals surface area (Å²) in [5.74, 6) is 0.221. The van der Waals surface area contributed by atoms with Crippen LogP contribution in [0.1, 0.15) is 36.5 Å². The summed E-state index contributed by atoms with van der Waals surface area (Å²) in [5, 5.41) is 5.59. The third kappa shape index (κ3) is 3.95. The van der Waals surface area contributed by atoms with E-state index in [1.807, 2.05) is 6.92 Å². The van der Waals surface area contributed by atoms with Crippen LogP contribution in [0.2, 0.25) is 0 Å². The van der Waals surface area contributed by atoms with E-state index >= 15 is 0 Å². The first-order valence-electron chi connectivity index (χ1n) is 7.04. The van der Waals surface area contributed by atoms with Crippen molar-refractivity contribution in [2.24, 2.45) is 5.92 Å². The molecule has 106 valence electrons. The van der Waals surface area contributed by atoms with E-state index in [1.54, 1.807) is 24.3 Å². The zero-order valence-corrected chi connectivity index (χ0v) is 11.7. The molecular weight excluding hydrogens is 252 g/mol. The van der Waals surface area contributed by atoms with Gasteiger partial charge >= 0.3 is 0 Å². The molecule has 1 aromatic rings. The van der Waals surface area contributed by atoms with E-state index in [0.29, 0.717) is 30.1 Å². The lowest BCUT2D eigenvalue weighted by Gasteiger charge is -2.10. The van der Waals surface area contributed by atoms with Crippen molar-refractivity contribution in [1.82, 2.24) is 5.32 Å². The molecule has 0 saturated heterocycles. The molecule has 1 aliphatic rings. The molecule has 0 fully saturated rings. The van der Waals surface area contributed by atoms with Gasteiger partial charge in [-0.05, 0) is 43.9 Å². The van der Waals surface area contributed by atoms with Gasteiger partial charge in [-0.1, -0.05) is 18.2 Å². The predicted octanol–water partition coefficient (Wildman–Crippen LogP) is 2.73. The normalized spacial score (nSPS) is 16.9. The van der Waals surface area contributed by atoms with Crippen molar-refractivity contribution >= 4 is 17.5 Å². The number of rotatable bonds is 5. The van der Waals surface area contributed by atoms with Crippen LogP contribution in [0.5, 0.6) is 0 Å². The lowest BCUT2D eigenvalue weighted by molar-refractivity contribution is -0.116. The first kappa shape index (κ1) is 14.3. The first-order chi connectivity index (χ1) is 9.69. The number of carbonyl (C=O) groups is 2. The summed E-state index contributed by atoms with van der Waals surface area (Å²) in [6, 6.07) is 7.01. The third-order valence-electron chi connectivity index (χ3n) is 3.31. The van der Waals surface area contributed by atoms with Gasteiger partial charge < -0.3 is 10.6 Å². The Labute approximate surface area is 119 Å². The minimum atomic E-state index is -0.123. The Hall–Kier alpha value is -2.10. The predicted molar refractivity (Wildman–Crippen MR) is 79.6 cm³/mol. The Morgan fingerprint density at radius 3 is 2.90 bits per heavy atom. The van der Waals surface area contributed by atoms with Gasteiger partial charge in [-0.25, -0.2) is 0 Å². The van der Waals surface area contributed by atoms with Crippen molar-refractivity contribution in [1.29, 1.82) is 0 Å². The molecule has 0 aromatic heterocycles. The van der Waals surface area contributed by atoms with Gasteiger partial charge in [-0.3, -0.25) is 9.59 Å². The molecule has 4 heteroatoms. The standard InChI is InChI=1S/C16H20N2O2/c1-2-17-16(20)13-8-5-9-14(11-13)18-15(19)10-12-6-3-4-7-12/h3,5-6,8-9,11-12H,2,4,7,10H2,1H3,(H,17,20)(H,18,19). The van der Waals surface area contributed by atoms with Crippen LogP contribution in [0.4, 0.5) is 5.69 Å². The van der Waals surface area contributed by atoms with Crippen LogP contribution in [-0.4, -0.2) is 18.4 Å². The van der Waals surface area contributed by atoms with Gasteiger partial charge in [0.05, 0.1) is 0 Å². The molecular formula is C16H20N2O2. The summed E-state index contributed by atoms with van der Waals surface area (Å²) in [6.45, 7) is 2.46. The Morgan fingerprint density at radius 2 is 2.20 bits per heavy atom. The molecule has 2 rings (SSSR count). The second-order valence-corrected chi connectivity index (χ2v) is 4.96. The monoisotopic (exact) mass is 272 g/mol. The van der Waals surface area contributed by atoms with E-state index in [4.69, 9.17) is 0 Å². The average Bonchev–Trinajstić information content (AvgIpc) is 2.92. The summed E-state index contributed by atoms with van der Waals surface area (Å²) in [6.07, 6.45) is 6.83. The smallest absolute Gasteiger partial charge is 0.251 e. The van der Waals surface area contributed by atoms with Crippen LogP contribution >= 0.6 is 0 Å². The van der Waals surface area contributed by atoms with Crippen LogP contribution in [0.25, 0.3) is 0 Å². The Balaban J connectivity index is 1.95. The highest BCUT2D eigenvalue weighted by molar-refractivity contribution is 5.97. The van der Waals surface area contributed by atoms with Crippen LogP contribution in [0.3, 0.4) is 0 Å². The number of hydrogen-bond acceptors (Lipinski definition) is 2. The molecule has 4 nitrogen and oxygen atoms in total. The summed E-state index contributed by atoms with van der Waals surface area (Å²) in [5.41, 5.74) is 1.23. The van der Waals surface area contributed by atoms with E-state index in [2.05, 4.69) is 22.8 Å². The minimum absolute atomic E-state index is 0.00500. The van der Waals surface area contributed by atoms with Crippen molar-refractivity contribution in [3.8, 4) is 0 Å². The SMILES string of the molecule is CCNC(=O)c1cccc(NC(=O)CC2C=CCC2)c1. The highest BCUT2D eigenvalue weighted by atomic mass is 16.2. The van der Waals surface area contributed by atoms with Crippen molar-refractivity contribution in [2.75, 3.05) is 11.9 Å². The Morgan fingerprint density at radius 1 is 1.35 bits per heavy atom. The lowest BCUT2D eigenvalue weighted by Crippen LogP contribution is -2.23. The van der Waals surface area contributed by atoms with Crippen LogP contribution in [-0.2, 0) is 4.79 Å². The summed E-state index contributed by atoms with van der Waals surface area (Å²) in [7, 11) is 0. The average molecular weight is 272 g/mol. The van der Waals surface area contributed by atoms with Gasteiger partial charge in [-0.15, -0.1) is 0 Å². The number of hydrogen-bond donors (Lipinski definition) is 2. The van der Waals surface area contributed by atoms with E-state index in [-0.39, 0.29) is 11.8 Å². The van der Waals surface area contributed by atoms with E-state index in [9.17, 15) is 9.59 Å². The number of carbonyl (C=O) groups excluding carboxylic acids is 2. The molecule has 0 aliphatic heterocycles. The van der Waals surface area contributed by atoms with Gasteiger partial charge in [0.25, 0.3) is 5.91 Å². The third-order valence-corrected chi connectivity index (χ3v) is 3.31. The zero-order chi connectivity index (χ0) is 14.4. The van der Waals surface area contributed by atoms with Gasteiger partial charge in [0.1, 0.15) is 0 Å². The maximum Gasteiger partial charge on any atom is 0.251 e. The largest absolute Gasteiger partial charge is 0.352 e. The number of allylic oxidation sites excluding steroid dienone is 2. The fourth-order valence-electron chi connectivity index (χ4n) is 2.32. The van der Waals surface area contributed by atoms with Crippen LogP contribution < -0.4 is 10.6 Å². The fourth-order valence-corrected chi connectivity index (χ4v) is 2.32. The van der Waals surface area contributed by atoms with Crippen LogP contribution in [0, 0.1) is 5.92 Å². The van der Waals surface area contributed by atoms with E-state index in [0.717, 1.165) is 12.8 Å². The molecule has 1 atom stereocenters. The van der Waals surface area contributed by atoms with Gasteiger partial charge in [-0.2, -0.15) is 0 Å². The van der Waals surface area contributed by atoms with Gasteiger partial charge in [0.2, 0.25) is 5.91 Å². The molecule has 0 heterocycles. The lowest BCUT2D eigenvalue weighted by atomic mass is 10.0. The molecule has 0 saturated carbocycles. The van der Waals surface area contributed by atoms with Crippen molar-refractivity contribution in [3.05, 3.63) is 42.0 Å². The number of benzene rings is 1. The van der Waals surface area contributed by atoms with Gasteiger partial charge in [0, 0.05) is 24.2 Å². The van der Waals surface area contributed by atoms with E-state index < -0.39 is 0 Å². The molecule has 2 amide bonds. The molecule has 1 aliphatic carbocycles. The first-order valence-corrected chi connectivity index (χ1v) is 7.04. The van der Waals surface area contributed by atoms with Crippen molar-refractivity contribution in [3.63, 3.8) is 0 Å². The minimum Gasteiger partial charge on any atom is -0.352 e. The number of nitrogens with one attached hydrogen (secondary N) is 2. The molecule has 20 heavy (non-hydrogen) atoms. The second-order valence-electron chi connectivity index (χ2n) is 4.96. The highest BCUT2D eigenvalue weighted by Crippen LogP contribution is 2.21. The molecule has 1 unspecified atom stereocenters. The van der Waals surface area contributed by atoms with Crippen molar-refractivity contribution in [2.45, 2.75) is 26.2 Å². The molecule has 1 aromatic carbocycles. The highest BCUT2D eigenvalue weighted by Gasteiger charge is 2.14. The number of amides is 2. The zero-order valence-electron chi connectivity index (χ0n) is 11.7. The molecule has 2 N–H and O–H groups in total. The quantitative estimate of drug-likeness (QED) is 0.810. The Kier molecular flexibility index (Phi) is 4.93. The summed E-state index contributed by atoms with van der Waals surface area (Å²) in [4.78, 5) is 23.7. The number of anilines is 1. The maximum atomic E-state index is 11.9. The molecule has 0 radical (unpaired) electrons. The molecule has 0 spiro atoms. The van der Waals surface area contributed by atoms with Gasteiger partial charge in [0.15, 0.2) is 0 Å². The maximum absolute atomic E-state index is 11.9. The summed E-state index contributed by atoms with van der Waals surface area (Å²) < 4.78 is 0. The fraction of sp³-hybridized carbons (Fsp3) is 0.375. The topological polar surface area (TPSA) is 58.2 Å². The molecule has 0 bridgehead atoms. The second kappa shape index (κ2) is 6.89. The van der Waals surface area contributed by atoms with Crippen molar-refractivity contribution < 1.29 is 9.59 Å². The van der Waals surface area contributed by atoms with Crippen LogP contribution in [0.15, 0.2) is 36.4 Å².